The number of carbonyl (C=O) groups excluding carboxylic acids is 3. The standard InChI is InChI=1S/C33H42F3N5O8S/c1-18-14-33(18,30(44)40-50(45,46)32(17-34)11-12-32)39-26(42)24-13-21(48-27-23-10-8-7-9-22(23)25(47-6)15-37-27)16-41(24)28(43)19(2)38-20(3)49-31(4,5)29(35)36/h7-10,15,18-19,21,24,29,38H,3,11-14,16-17H2,1-2,4-6H3,(H,39,42)(H,40,44)/t18-,19+,21-,24+,33-/m1/s1. The summed E-state index contributed by atoms with van der Waals surface area (Å²) in [4.78, 5) is 46.8. The number of halogens is 3. The molecule has 3 aliphatic rings. The number of amides is 3. The Morgan fingerprint density at radius 2 is 1.82 bits per heavy atom. The van der Waals surface area contributed by atoms with Crippen molar-refractivity contribution in [3.63, 3.8) is 0 Å². The molecule has 5 rings (SSSR count). The third-order valence-electron chi connectivity index (χ3n) is 9.64. The van der Waals surface area contributed by atoms with Gasteiger partial charge in [-0.15, -0.1) is 0 Å². The third kappa shape index (κ3) is 7.01. The first-order valence-corrected chi connectivity index (χ1v) is 17.6. The number of sulfonamides is 1. The molecule has 13 nitrogen and oxygen atoms in total. The molecule has 2 saturated carbocycles. The summed E-state index contributed by atoms with van der Waals surface area (Å²) < 4.78 is 83.2. The van der Waals surface area contributed by atoms with E-state index < -0.39 is 80.8 Å². The van der Waals surface area contributed by atoms with Gasteiger partial charge in [-0.3, -0.25) is 19.1 Å². The van der Waals surface area contributed by atoms with Crippen LogP contribution in [0.2, 0.25) is 0 Å². The Hall–Kier alpha value is -4.28. The van der Waals surface area contributed by atoms with Crippen LogP contribution in [-0.4, -0.2) is 96.9 Å². The molecule has 0 radical (unpaired) electrons. The summed E-state index contributed by atoms with van der Waals surface area (Å²) in [6.07, 6.45) is -1.93. The minimum atomic E-state index is -4.35. The fourth-order valence-electron chi connectivity index (χ4n) is 6.08. The second kappa shape index (κ2) is 13.5. The van der Waals surface area contributed by atoms with E-state index in [1.165, 1.54) is 25.1 Å². The number of fused-ring (bicyclic) bond motifs is 1. The molecule has 3 N–H and O–H groups in total. The maximum absolute atomic E-state index is 14.0. The summed E-state index contributed by atoms with van der Waals surface area (Å²) in [7, 11) is -2.85. The lowest BCUT2D eigenvalue weighted by atomic mass is 10.1. The quantitative estimate of drug-likeness (QED) is 0.233. The van der Waals surface area contributed by atoms with Gasteiger partial charge in [-0.2, -0.15) is 0 Å². The zero-order valence-electron chi connectivity index (χ0n) is 28.4. The first-order valence-electron chi connectivity index (χ1n) is 16.2. The lowest BCUT2D eigenvalue weighted by Gasteiger charge is -2.31. The first-order chi connectivity index (χ1) is 23.4. The predicted octanol–water partition coefficient (Wildman–Crippen LogP) is 2.94. The SMILES string of the molecule is C=C(N[C@@H](C)C(=O)N1C[C@H](Oc2ncc(OC)c3ccccc23)C[C@H]1C(=O)N[C@]1(C(=O)NS(=O)(=O)C2(CF)CC2)C[C@H]1C)OC(C)(C)C(F)F. The first kappa shape index (κ1) is 37.0. The molecule has 2 aliphatic carbocycles. The smallest absolute Gasteiger partial charge is 0.277 e. The van der Waals surface area contributed by atoms with E-state index in [-0.39, 0.29) is 44.0 Å². The van der Waals surface area contributed by atoms with Crippen molar-refractivity contribution in [3.8, 4) is 11.6 Å². The molecule has 1 aromatic carbocycles. The number of nitrogens with zero attached hydrogens (tertiary/aromatic N) is 2. The Morgan fingerprint density at radius 3 is 2.38 bits per heavy atom. The minimum Gasteiger partial charge on any atom is -0.494 e. The lowest BCUT2D eigenvalue weighted by molar-refractivity contribution is -0.141. The molecule has 274 valence electrons. The molecule has 0 spiro atoms. The van der Waals surface area contributed by atoms with Crippen LogP contribution in [0.4, 0.5) is 13.2 Å². The van der Waals surface area contributed by atoms with Gasteiger partial charge in [-0.05, 0) is 58.6 Å². The van der Waals surface area contributed by atoms with E-state index in [9.17, 15) is 36.0 Å². The number of hydrogen-bond acceptors (Lipinski definition) is 10. The van der Waals surface area contributed by atoms with Crippen LogP contribution in [0.15, 0.2) is 42.9 Å². The van der Waals surface area contributed by atoms with Crippen molar-refractivity contribution in [1.82, 2.24) is 25.2 Å². The summed E-state index contributed by atoms with van der Waals surface area (Å²) in [5.74, 6) is -2.39. The highest BCUT2D eigenvalue weighted by molar-refractivity contribution is 7.91. The number of rotatable bonds is 15. The highest BCUT2D eigenvalue weighted by Gasteiger charge is 2.63. The number of likely N-dealkylation sites (tertiary alicyclic amines) is 1. The van der Waals surface area contributed by atoms with Crippen molar-refractivity contribution in [1.29, 1.82) is 0 Å². The number of ether oxygens (including phenoxy) is 3. The van der Waals surface area contributed by atoms with E-state index >= 15 is 0 Å². The van der Waals surface area contributed by atoms with Crippen LogP contribution in [0.3, 0.4) is 0 Å². The van der Waals surface area contributed by atoms with Gasteiger partial charge in [0.15, 0.2) is 11.5 Å². The van der Waals surface area contributed by atoms with Gasteiger partial charge in [-0.1, -0.05) is 25.1 Å². The number of nitrogens with one attached hydrogen (secondary N) is 3. The Balaban J connectivity index is 1.37. The van der Waals surface area contributed by atoms with Crippen molar-refractivity contribution in [2.75, 3.05) is 20.3 Å². The monoisotopic (exact) mass is 725 g/mol. The minimum absolute atomic E-state index is 0.0441. The van der Waals surface area contributed by atoms with Crippen LogP contribution in [0, 0.1) is 5.92 Å². The highest BCUT2D eigenvalue weighted by atomic mass is 32.2. The van der Waals surface area contributed by atoms with Crippen LogP contribution in [-0.2, 0) is 29.1 Å². The van der Waals surface area contributed by atoms with Crippen LogP contribution < -0.4 is 24.8 Å². The average Bonchev–Trinajstić information content (AvgIpc) is 3.95. The van der Waals surface area contributed by atoms with Crippen molar-refractivity contribution in [3.05, 3.63) is 42.9 Å². The molecule has 1 aromatic heterocycles. The van der Waals surface area contributed by atoms with Gasteiger partial charge >= 0.3 is 0 Å². The molecule has 3 fully saturated rings. The van der Waals surface area contributed by atoms with Crippen molar-refractivity contribution in [2.45, 2.75) is 93.9 Å². The number of carbonyl (C=O) groups is 3. The van der Waals surface area contributed by atoms with Crippen LogP contribution >= 0.6 is 0 Å². The van der Waals surface area contributed by atoms with Crippen molar-refractivity contribution >= 4 is 38.5 Å². The zero-order valence-corrected chi connectivity index (χ0v) is 29.2. The Bertz CT molecular complexity index is 1790. The van der Waals surface area contributed by atoms with Crippen molar-refractivity contribution < 1.29 is 50.2 Å². The third-order valence-corrected chi connectivity index (χ3v) is 11.7. The van der Waals surface area contributed by atoms with Crippen molar-refractivity contribution in [2.24, 2.45) is 5.92 Å². The summed E-state index contributed by atoms with van der Waals surface area (Å²) >= 11 is 0. The molecule has 1 saturated heterocycles. The molecule has 5 atom stereocenters. The molecular weight excluding hydrogens is 683 g/mol. The molecule has 50 heavy (non-hydrogen) atoms. The zero-order chi connectivity index (χ0) is 36.8. The largest absolute Gasteiger partial charge is 0.494 e. The van der Waals surface area contributed by atoms with E-state index in [1.54, 1.807) is 19.1 Å². The topological polar surface area (TPSA) is 165 Å². The summed E-state index contributed by atoms with van der Waals surface area (Å²) in [6.45, 7) is 7.76. The lowest BCUT2D eigenvalue weighted by Crippen LogP contribution is -2.58. The van der Waals surface area contributed by atoms with Crippen LogP contribution in [0.25, 0.3) is 10.8 Å². The van der Waals surface area contributed by atoms with Gasteiger partial charge in [0, 0.05) is 17.2 Å². The van der Waals surface area contributed by atoms with E-state index in [0.29, 0.717) is 11.1 Å². The summed E-state index contributed by atoms with van der Waals surface area (Å²) in [5.41, 5.74) is -3.51. The number of benzene rings is 1. The number of alkyl halides is 3. The molecule has 3 amide bonds. The number of pyridine rings is 1. The van der Waals surface area contributed by atoms with Gasteiger partial charge in [0.25, 0.3) is 12.3 Å². The van der Waals surface area contributed by atoms with Gasteiger partial charge in [-0.25, -0.2) is 26.6 Å². The van der Waals surface area contributed by atoms with Gasteiger partial charge in [0.05, 0.1) is 19.9 Å². The number of methoxy groups -OCH3 is 1. The fraction of sp³-hybridized carbons (Fsp3) is 0.576. The Labute approximate surface area is 288 Å². The molecule has 0 unspecified atom stereocenters. The normalized spacial score (nSPS) is 24.7. The molecule has 0 bridgehead atoms. The van der Waals surface area contributed by atoms with Crippen LogP contribution in [0.5, 0.6) is 11.6 Å². The number of hydrogen-bond donors (Lipinski definition) is 3. The van der Waals surface area contributed by atoms with E-state index in [2.05, 4.69) is 22.2 Å². The highest BCUT2D eigenvalue weighted by Crippen LogP contribution is 2.47. The predicted molar refractivity (Wildman–Crippen MR) is 175 cm³/mol. The molecular formula is C33H42F3N5O8S. The molecule has 2 aromatic rings. The Morgan fingerprint density at radius 1 is 1.18 bits per heavy atom. The van der Waals surface area contributed by atoms with E-state index in [0.717, 1.165) is 19.2 Å². The van der Waals surface area contributed by atoms with Gasteiger partial charge in [0.2, 0.25) is 27.7 Å². The Kier molecular flexibility index (Phi) is 9.95. The van der Waals surface area contributed by atoms with E-state index in [1.807, 2.05) is 16.9 Å². The summed E-state index contributed by atoms with van der Waals surface area (Å²) in [6, 6.07) is 4.89. The van der Waals surface area contributed by atoms with E-state index in [4.69, 9.17) is 14.2 Å². The molecule has 2 heterocycles. The number of aromatic nitrogens is 1. The average molecular weight is 726 g/mol. The second-order valence-corrected chi connectivity index (χ2v) is 15.8. The molecule has 1 aliphatic heterocycles. The fourth-order valence-corrected chi connectivity index (χ4v) is 7.51. The maximum Gasteiger partial charge on any atom is 0.277 e. The maximum atomic E-state index is 14.0. The van der Waals surface area contributed by atoms with Gasteiger partial charge < -0.3 is 29.7 Å². The molecule has 17 heteroatoms. The van der Waals surface area contributed by atoms with Gasteiger partial charge in [0.1, 0.15) is 40.9 Å². The second-order valence-electron chi connectivity index (χ2n) is 13.8. The summed E-state index contributed by atoms with van der Waals surface area (Å²) in [5, 5.41) is 6.67. The van der Waals surface area contributed by atoms with Crippen LogP contribution in [0.1, 0.15) is 53.4 Å².